The molecule has 1 aromatic heterocycles. The van der Waals surface area contributed by atoms with Crippen LogP contribution < -0.4 is 10.6 Å². The number of carbonyl (C=O) groups excluding carboxylic acids is 3. The Bertz CT molecular complexity index is 1270. The number of likely N-dealkylation sites (tertiary alicyclic amines) is 1. The topological polar surface area (TPSA) is 115 Å². The van der Waals surface area contributed by atoms with Crippen molar-refractivity contribution in [2.45, 2.75) is 97.2 Å². The van der Waals surface area contributed by atoms with E-state index in [1.165, 1.54) is 0 Å². The van der Waals surface area contributed by atoms with E-state index < -0.39 is 11.7 Å². The minimum Gasteiger partial charge on any atom is -0.444 e. The first-order valence-corrected chi connectivity index (χ1v) is 14.9. The van der Waals surface area contributed by atoms with Crippen LogP contribution in [0.4, 0.5) is 10.5 Å². The van der Waals surface area contributed by atoms with Gasteiger partial charge in [0.25, 0.3) is 0 Å². The molecule has 0 bridgehead atoms. The number of esters is 1. The largest absolute Gasteiger partial charge is 0.444 e. The maximum absolute atomic E-state index is 14.3. The van der Waals surface area contributed by atoms with Gasteiger partial charge in [0, 0.05) is 36.6 Å². The summed E-state index contributed by atoms with van der Waals surface area (Å²) in [4.78, 5) is 45.8. The van der Waals surface area contributed by atoms with Crippen LogP contribution in [-0.2, 0) is 25.8 Å². The van der Waals surface area contributed by atoms with Crippen LogP contribution in [0.3, 0.4) is 0 Å². The molecule has 10 nitrogen and oxygen atoms in total. The van der Waals surface area contributed by atoms with Gasteiger partial charge in [0.05, 0.1) is 23.9 Å². The van der Waals surface area contributed by atoms with E-state index in [1.807, 2.05) is 68.5 Å². The second-order valence-electron chi connectivity index (χ2n) is 12.8. The number of aromatic nitrogens is 2. The van der Waals surface area contributed by atoms with Gasteiger partial charge in [-0.05, 0) is 51.7 Å². The second kappa shape index (κ2) is 11.7. The van der Waals surface area contributed by atoms with Crippen molar-refractivity contribution in [3.63, 3.8) is 0 Å². The third-order valence-electron chi connectivity index (χ3n) is 8.37. The molecule has 3 aliphatic rings. The highest BCUT2D eigenvalue weighted by atomic mass is 16.6. The normalized spacial score (nSPS) is 25.6. The van der Waals surface area contributed by atoms with Crippen molar-refractivity contribution >= 4 is 23.7 Å². The molecule has 3 heterocycles. The molecule has 1 aromatic carbocycles. The summed E-state index contributed by atoms with van der Waals surface area (Å²) in [5.74, 6) is 0.174. The fourth-order valence-corrected chi connectivity index (χ4v) is 6.51. The molecule has 2 fully saturated rings. The van der Waals surface area contributed by atoms with Crippen LogP contribution in [0.5, 0.6) is 0 Å². The molecule has 0 spiro atoms. The summed E-state index contributed by atoms with van der Waals surface area (Å²) in [5.41, 5.74) is 1.46. The maximum atomic E-state index is 14.3. The van der Waals surface area contributed by atoms with Gasteiger partial charge in [0.1, 0.15) is 11.4 Å². The number of hydrogen-bond acceptors (Lipinski definition) is 7. The van der Waals surface area contributed by atoms with Crippen LogP contribution in [0, 0.1) is 17.8 Å². The first kappa shape index (κ1) is 29.0. The van der Waals surface area contributed by atoms with Crippen molar-refractivity contribution in [2.75, 3.05) is 11.9 Å². The van der Waals surface area contributed by atoms with Crippen molar-refractivity contribution in [3.8, 4) is 0 Å². The Kier molecular flexibility index (Phi) is 8.29. The molecule has 1 saturated heterocycles. The summed E-state index contributed by atoms with van der Waals surface area (Å²) in [6.07, 6.45) is 7.30. The Morgan fingerprint density at radius 3 is 2.63 bits per heavy atom. The molecule has 222 valence electrons. The van der Waals surface area contributed by atoms with Crippen molar-refractivity contribution < 1.29 is 23.9 Å². The summed E-state index contributed by atoms with van der Waals surface area (Å²) >= 11 is 0. The van der Waals surface area contributed by atoms with E-state index >= 15 is 0 Å². The van der Waals surface area contributed by atoms with Gasteiger partial charge >= 0.3 is 12.1 Å². The van der Waals surface area contributed by atoms with E-state index in [2.05, 4.69) is 21.7 Å². The summed E-state index contributed by atoms with van der Waals surface area (Å²) in [6, 6.07) is 7.59. The average Bonchev–Trinajstić information content (AvgIpc) is 3.58. The number of benzene rings is 1. The standard InChI is InChI=1S/C31H43N5O5/c1-19(2)29(38)40-18-35-17-15-32-27(35)25-22-14-16-36(26(22)20-10-6-8-12-23(20)33-25)28(37)21-11-7-9-13-24(21)34-30(39)41-31(3,4)5/h6,8,10,12,15,17,19,21-22,24-26,33H,7,9,11,13-14,16,18H2,1-5H3,(H,34,39)/t21-,22+,24+,25+,26-/m0/s1. The molecule has 10 heteroatoms. The predicted molar refractivity (Wildman–Crippen MR) is 154 cm³/mol. The van der Waals surface area contributed by atoms with Gasteiger partial charge in [-0.25, -0.2) is 9.78 Å². The summed E-state index contributed by atoms with van der Waals surface area (Å²) < 4.78 is 12.9. The number of hydrogen-bond donors (Lipinski definition) is 2. The molecule has 0 unspecified atom stereocenters. The lowest BCUT2D eigenvalue weighted by atomic mass is 9.80. The van der Waals surface area contributed by atoms with Crippen LogP contribution in [-0.4, -0.2) is 50.6 Å². The summed E-state index contributed by atoms with van der Waals surface area (Å²) in [6.45, 7) is 9.85. The van der Waals surface area contributed by atoms with Gasteiger partial charge in [0.15, 0.2) is 6.73 Å². The third-order valence-corrected chi connectivity index (χ3v) is 8.37. The zero-order valence-corrected chi connectivity index (χ0v) is 24.8. The number of fused-ring (bicyclic) bond motifs is 3. The van der Waals surface area contributed by atoms with E-state index in [-0.39, 0.29) is 54.5 Å². The van der Waals surface area contributed by atoms with Crippen LogP contribution >= 0.6 is 0 Å². The highest BCUT2D eigenvalue weighted by Gasteiger charge is 2.49. The van der Waals surface area contributed by atoms with Crippen LogP contribution in [0.25, 0.3) is 0 Å². The highest BCUT2D eigenvalue weighted by Crippen LogP contribution is 2.51. The number of para-hydroxylation sites is 1. The first-order chi connectivity index (χ1) is 19.5. The Morgan fingerprint density at radius 1 is 1.12 bits per heavy atom. The van der Waals surface area contributed by atoms with E-state index in [0.717, 1.165) is 49.2 Å². The lowest BCUT2D eigenvalue weighted by molar-refractivity contribution is -0.151. The minimum absolute atomic E-state index is 0.0802. The molecule has 2 aliphatic heterocycles. The SMILES string of the molecule is CC(C)C(=O)OCn1ccnc1[C@@H]1Nc2ccccc2[C@H]2[C@@H]1CCN2C(=O)[C@H]1CCCC[C@H]1NC(=O)OC(C)(C)C. The molecule has 5 rings (SSSR count). The maximum Gasteiger partial charge on any atom is 0.407 e. The molecule has 2 aromatic rings. The van der Waals surface area contributed by atoms with Gasteiger partial charge in [-0.3, -0.25) is 14.2 Å². The molecule has 1 saturated carbocycles. The van der Waals surface area contributed by atoms with Crippen molar-refractivity contribution in [2.24, 2.45) is 17.8 Å². The van der Waals surface area contributed by atoms with Crippen LogP contribution in [0.15, 0.2) is 36.7 Å². The number of imidazole rings is 1. The number of nitrogens with one attached hydrogen (secondary N) is 2. The lowest BCUT2D eigenvalue weighted by Crippen LogP contribution is -2.51. The van der Waals surface area contributed by atoms with Gasteiger partial charge in [0.2, 0.25) is 5.91 Å². The number of nitrogens with zero attached hydrogens (tertiary/aromatic N) is 3. The molecule has 2 N–H and O–H groups in total. The number of carbonyl (C=O) groups is 3. The van der Waals surface area contributed by atoms with E-state index in [1.54, 1.807) is 6.20 Å². The van der Waals surface area contributed by atoms with Crippen LogP contribution in [0.1, 0.15) is 90.2 Å². The molecular formula is C31H43N5O5. The van der Waals surface area contributed by atoms with Crippen molar-refractivity contribution in [1.82, 2.24) is 19.8 Å². The Morgan fingerprint density at radius 2 is 1.88 bits per heavy atom. The Labute approximate surface area is 242 Å². The van der Waals surface area contributed by atoms with E-state index in [9.17, 15) is 14.4 Å². The number of alkyl carbamates (subject to hydrolysis) is 1. The third kappa shape index (κ3) is 6.21. The van der Waals surface area contributed by atoms with Gasteiger partial charge in [-0.2, -0.15) is 0 Å². The Balaban J connectivity index is 1.39. The number of rotatable bonds is 6. The minimum atomic E-state index is -0.604. The van der Waals surface area contributed by atoms with Crippen molar-refractivity contribution in [3.05, 3.63) is 48.0 Å². The monoisotopic (exact) mass is 565 g/mol. The number of ether oxygens (including phenoxy) is 2. The summed E-state index contributed by atoms with van der Waals surface area (Å²) in [5, 5.41) is 6.70. The second-order valence-corrected chi connectivity index (χ2v) is 12.8. The molecular weight excluding hydrogens is 522 g/mol. The van der Waals surface area contributed by atoms with E-state index in [0.29, 0.717) is 6.54 Å². The fourth-order valence-electron chi connectivity index (χ4n) is 6.51. The Hall–Kier alpha value is -3.56. The van der Waals surface area contributed by atoms with Gasteiger partial charge < -0.3 is 25.0 Å². The highest BCUT2D eigenvalue weighted by molar-refractivity contribution is 5.82. The zero-order valence-electron chi connectivity index (χ0n) is 24.8. The molecule has 0 radical (unpaired) electrons. The molecule has 41 heavy (non-hydrogen) atoms. The molecule has 1 aliphatic carbocycles. The lowest BCUT2D eigenvalue weighted by Gasteiger charge is -2.41. The number of anilines is 1. The smallest absolute Gasteiger partial charge is 0.407 e. The van der Waals surface area contributed by atoms with Gasteiger partial charge in [-0.15, -0.1) is 0 Å². The fraction of sp³-hybridized carbons (Fsp3) is 0.613. The average molecular weight is 566 g/mol. The predicted octanol–water partition coefficient (Wildman–Crippen LogP) is 5.18. The van der Waals surface area contributed by atoms with E-state index in [4.69, 9.17) is 9.47 Å². The molecule has 5 atom stereocenters. The zero-order chi connectivity index (χ0) is 29.3. The van der Waals surface area contributed by atoms with Gasteiger partial charge in [-0.1, -0.05) is 44.9 Å². The molecule has 2 amide bonds. The van der Waals surface area contributed by atoms with Crippen LogP contribution in [0.2, 0.25) is 0 Å². The van der Waals surface area contributed by atoms with Crippen molar-refractivity contribution in [1.29, 1.82) is 0 Å². The number of amides is 2. The summed E-state index contributed by atoms with van der Waals surface area (Å²) in [7, 11) is 0. The quantitative estimate of drug-likeness (QED) is 0.464. The first-order valence-electron chi connectivity index (χ1n) is 14.9.